The van der Waals surface area contributed by atoms with Crippen LogP contribution in [0.1, 0.15) is 67.7 Å². The molecule has 0 aliphatic heterocycles. The molecule has 10 heteroatoms. The molecule has 0 bridgehead atoms. The average molecular weight is 474 g/mol. The van der Waals surface area contributed by atoms with E-state index in [-0.39, 0.29) is 0 Å². The van der Waals surface area contributed by atoms with Crippen molar-refractivity contribution in [2.24, 2.45) is 10.4 Å². The van der Waals surface area contributed by atoms with Gasteiger partial charge < -0.3 is 30.8 Å². The van der Waals surface area contributed by atoms with Crippen molar-refractivity contribution in [1.29, 1.82) is 0 Å². The summed E-state index contributed by atoms with van der Waals surface area (Å²) in [5.74, 6) is -1.09. The molecule has 0 aliphatic carbocycles. The summed E-state index contributed by atoms with van der Waals surface area (Å²) in [6.07, 6.45) is 3.48. The Labute approximate surface area is 182 Å². The number of aromatic amines is 1. The van der Waals surface area contributed by atoms with E-state index in [1.165, 1.54) is 11.3 Å². The van der Waals surface area contributed by atoms with Crippen molar-refractivity contribution in [2.45, 2.75) is 78.9 Å². The van der Waals surface area contributed by atoms with Crippen molar-refractivity contribution in [3.63, 3.8) is 0 Å². The zero-order chi connectivity index (χ0) is 22.7. The van der Waals surface area contributed by atoms with Crippen LogP contribution in [-0.2, 0) is 37.6 Å². The first-order valence-electron chi connectivity index (χ1n) is 9.11. The number of unbranched alkanes of at least 4 members (excludes halogenated alkanes) is 1. The van der Waals surface area contributed by atoms with Crippen molar-refractivity contribution in [3.8, 4) is 0 Å². The van der Waals surface area contributed by atoms with Gasteiger partial charge in [-0.2, -0.15) is 5.38 Å². The average Bonchev–Trinajstić information content (AvgIpc) is 3.05. The van der Waals surface area contributed by atoms with Gasteiger partial charge in [-0.3, -0.25) is 9.59 Å². The number of aromatic nitrogens is 1. The maximum absolute atomic E-state index is 12.7. The van der Waals surface area contributed by atoms with Gasteiger partial charge >= 0.3 is 34.8 Å². The van der Waals surface area contributed by atoms with E-state index in [9.17, 15) is 9.59 Å². The van der Waals surface area contributed by atoms with Gasteiger partial charge in [0.1, 0.15) is 11.2 Å². The monoisotopic (exact) mass is 473 g/mol. The molecule has 0 saturated heterocycles. The van der Waals surface area contributed by atoms with Crippen molar-refractivity contribution in [2.75, 3.05) is 6.54 Å². The fourth-order valence-corrected chi connectivity index (χ4v) is 2.63. The first-order chi connectivity index (χ1) is 13.2. The van der Waals surface area contributed by atoms with Crippen LogP contribution in [0.4, 0.5) is 0 Å². The summed E-state index contributed by atoms with van der Waals surface area (Å²) >= 11 is 0.539. The third-order valence-electron chi connectivity index (χ3n) is 3.45. The summed E-state index contributed by atoms with van der Waals surface area (Å²) in [5, 5.41) is 2.94. The van der Waals surface area contributed by atoms with Crippen LogP contribution < -0.4 is 9.05 Å². The predicted molar refractivity (Wildman–Crippen MR) is 102 cm³/mol. The van der Waals surface area contributed by atoms with E-state index in [2.05, 4.69) is 15.4 Å². The third-order valence-corrected chi connectivity index (χ3v) is 4.13. The van der Waals surface area contributed by atoms with Crippen LogP contribution in [-0.4, -0.2) is 34.7 Å². The summed E-state index contributed by atoms with van der Waals surface area (Å²) in [5.41, 5.74) is -2.66. The van der Waals surface area contributed by atoms with E-state index < -0.39 is 43.2 Å². The molecule has 1 N–H and O–H groups in total. The number of rotatable bonds is 7. The number of nitrogens with one attached hydrogen (secondary N) is 1. The fraction of sp³-hybridized carbons (Fsp3) is 0.737. The second kappa shape index (κ2) is 12.3. The topological polar surface area (TPSA) is 121 Å². The molecule has 0 fully saturated rings. The minimum atomic E-state index is -1.33. The summed E-state index contributed by atoms with van der Waals surface area (Å²) in [6.45, 7) is 12.9. The molecule has 0 aliphatic rings. The Morgan fingerprint density at radius 3 is 1.97 bits per heavy atom. The minimum absolute atomic E-state index is 0.354. The number of hydrogen-bond donors (Lipinski definition) is 1. The Bertz CT molecular complexity index is 671. The zero-order valence-corrected chi connectivity index (χ0v) is 19.8. The number of carbonyl (C=O) groups excluding carboxylic acids is 2. The number of hydrogen-bond acceptors (Lipinski definition) is 8. The zero-order valence-electron chi connectivity index (χ0n) is 18.0. The number of esters is 2. The molecule has 8 nitrogen and oxygen atoms in total. The molecule has 0 aromatic carbocycles. The molecule has 0 atom stereocenters. The maximum atomic E-state index is 12.7. The Balaban J connectivity index is 0.00000245. The van der Waals surface area contributed by atoms with Gasteiger partial charge in [-0.05, 0) is 67.7 Å². The second-order valence-electron chi connectivity index (χ2n) is 8.54. The number of ether oxygens (including phenoxy) is 2. The molecule has 1 heterocycles. The van der Waals surface area contributed by atoms with Gasteiger partial charge in [0.25, 0.3) is 0 Å². The SMILES string of the molecule is CC(C)(C)OC(=O)C(C)(CCCCN=c1[nH]c[c-]s1)C(=O)OC(C)(C)C.[O]=[Ni][O-]. The second-order valence-corrected chi connectivity index (χ2v) is 9.53. The molecule has 171 valence electrons. The molecule has 1 aromatic rings. The molecule has 0 amide bonds. The van der Waals surface area contributed by atoms with Gasteiger partial charge in [-0.15, -0.1) is 0 Å². The Morgan fingerprint density at radius 2 is 1.59 bits per heavy atom. The summed E-state index contributed by atoms with van der Waals surface area (Å²) in [4.78, 5) is 33.6. The molecule has 29 heavy (non-hydrogen) atoms. The van der Waals surface area contributed by atoms with E-state index in [4.69, 9.17) is 17.6 Å². The molecular formula is C19H31N2NiO6S-2. The predicted octanol–water partition coefficient (Wildman–Crippen LogP) is 2.33. The fourth-order valence-electron chi connectivity index (χ4n) is 2.12. The van der Waals surface area contributed by atoms with Gasteiger partial charge in [-0.25, -0.2) is 0 Å². The number of H-pyrrole nitrogens is 1. The number of nitrogens with zero attached hydrogens (tertiary/aromatic N) is 1. The van der Waals surface area contributed by atoms with Crippen LogP contribution in [0.2, 0.25) is 0 Å². The van der Waals surface area contributed by atoms with Gasteiger partial charge in [0, 0.05) is 11.3 Å². The van der Waals surface area contributed by atoms with Crippen LogP contribution in [0.25, 0.3) is 0 Å². The summed E-state index contributed by atoms with van der Waals surface area (Å²) in [6, 6.07) is 0. The van der Waals surface area contributed by atoms with E-state index in [0.717, 1.165) is 11.2 Å². The van der Waals surface area contributed by atoms with Crippen LogP contribution in [0.15, 0.2) is 11.2 Å². The van der Waals surface area contributed by atoms with E-state index in [1.807, 2.05) is 0 Å². The van der Waals surface area contributed by atoms with Crippen molar-refractivity contribution < 1.29 is 41.9 Å². The van der Waals surface area contributed by atoms with Crippen molar-refractivity contribution in [1.82, 2.24) is 4.98 Å². The standard InChI is InChI=1S/C19H31N2O4S.Ni.2O/c1-17(2,3)24-14(22)19(7,15(23)25-18(4,5)6)10-8-9-11-20-16-21-12-13-26-16;;;/h12H,8-11H2,1-7H3,(H,20,21);;;/q-1;;;-1. The Morgan fingerprint density at radius 1 is 1.10 bits per heavy atom. The molecule has 1 aromatic heterocycles. The third kappa shape index (κ3) is 12.0. The van der Waals surface area contributed by atoms with E-state index >= 15 is 0 Å². The van der Waals surface area contributed by atoms with Gasteiger partial charge in [-0.1, -0.05) is 6.20 Å². The normalized spacial score (nSPS) is 12.9. The van der Waals surface area contributed by atoms with Crippen LogP contribution in [0.5, 0.6) is 0 Å². The molecular weight excluding hydrogens is 443 g/mol. The van der Waals surface area contributed by atoms with E-state index in [1.54, 1.807) is 54.7 Å². The van der Waals surface area contributed by atoms with Gasteiger partial charge in [0.05, 0.1) is 0 Å². The van der Waals surface area contributed by atoms with Crippen molar-refractivity contribution >= 4 is 23.3 Å². The Hall–Kier alpha value is -1.38. The molecule has 0 spiro atoms. The summed E-state index contributed by atoms with van der Waals surface area (Å²) in [7, 11) is 0. The van der Waals surface area contributed by atoms with Gasteiger partial charge in [0.2, 0.25) is 0 Å². The van der Waals surface area contributed by atoms with Gasteiger partial charge in [0.15, 0.2) is 5.41 Å². The van der Waals surface area contributed by atoms with Crippen LogP contribution >= 0.6 is 11.3 Å². The molecule has 0 saturated carbocycles. The number of thiazole rings is 1. The first kappa shape index (κ1) is 27.6. The van der Waals surface area contributed by atoms with E-state index in [0.29, 0.717) is 19.4 Å². The van der Waals surface area contributed by atoms with Crippen molar-refractivity contribution in [3.05, 3.63) is 16.4 Å². The molecule has 0 unspecified atom stereocenters. The summed E-state index contributed by atoms with van der Waals surface area (Å²) < 4.78 is 27.6. The number of carbonyl (C=O) groups is 2. The molecule has 1 rings (SSSR count). The Kier molecular flexibility index (Phi) is 11.8. The van der Waals surface area contributed by atoms with Crippen LogP contribution in [0.3, 0.4) is 0 Å². The molecule has 0 radical (unpaired) electrons. The van der Waals surface area contributed by atoms with Crippen LogP contribution in [0, 0.1) is 10.8 Å². The quantitative estimate of drug-likeness (QED) is 0.213. The first-order valence-corrected chi connectivity index (χ1v) is 10.7.